The van der Waals surface area contributed by atoms with Gasteiger partial charge in [-0.25, -0.2) is 0 Å². The Morgan fingerprint density at radius 3 is 3.13 bits per heavy atom. The third-order valence-corrected chi connectivity index (χ3v) is 5.78. The molecule has 0 aliphatic carbocycles. The first-order chi connectivity index (χ1) is 7.45. The van der Waals surface area contributed by atoms with Gasteiger partial charge in [-0.2, -0.15) is 0 Å². The van der Waals surface area contributed by atoms with E-state index in [1.54, 1.807) is 0 Å². The number of hydrogen-bond donors (Lipinski definition) is 1. The van der Waals surface area contributed by atoms with Gasteiger partial charge in [-0.3, -0.25) is 9.98 Å². The summed E-state index contributed by atoms with van der Waals surface area (Å²) >= 11 is 5.65. The van der Waals surface area contributed by atoms with Gasteiger partial charge in [0.05, 0.1) is 22.2 Å². The van der Waals surface area contributed by atoms with Crippen LogP contribution < -0.4 is 5.32 Å². The fraction of sp³-hybridized carbons (Fsp3) is 0.556. The molecule has 0 aromatic heterocycles. The molecule has 0 spiro atoms. The summed E-state index contributed by atoms with van der Waals surface area (Å²) in [5.41, 5.74) is 1.27. The minimum atomic E-state index is 0.285. The van der Waals surface area contributed by atoms with E-state index in [1.807, 2.05) is 47.7 Å². The topological polar surface area (TPSA) is 36.8 Å². The lowest BCUT2D eigenvalue weighted by atomic mass is 10.2. The van der Waals surface area contributed by atoms with E-state index in [0.29, 0.717) is 10.6 Å². The highest BCUT2D eigenvalue weighted by Gasteiger charge is 2.36. The van der Waals surface area contributed by atoms with Gasteiger partial charge in [0, 0.05) is 18.2 Å². The number of hydrogen-bond acceptors (Lipinski definition) is 6. The van der Waals surface area contributed by atoms with Gasteiger partial charge < -0.3 is 5.32 Å². The van der Waals surface area contributed by atoms with Crippen LogP contribution in [0.1, 0.15) is 0 Å². The molecule has 1 N–H and O–H groups in total. The van der Waals surface area contributed by atoms with Crippen molar-refractivity contribution >= 4 is 47.2 Å². The van der Waals surface area contributed by atoms with E-state index in [2.05, 4.69) is 20.7 Å². The first-order valence-corrected chi connectivity index (χ1v) is 7.85. The van der Waals surface area contributed by atoms with Gasteiger partial charge >= 0.3 is 0 Å². The maximum absolute atomic E-state index is 4.61. The molecule has 0 fully saturated rings. The van der Waals surface area contributed by atoms with E-state index in [9.17, 15) is 0 Å². The molecule has 3 heterocycles. The number of rotatable bonds is 2. The minimum absolute atomic E-state index is 0.285. The zero-order chi connectivity index (χ0) is 10.1. The second-order valence-electron chi connectivity index (χ2n) is 3.34. The summed E-state index contributed by atoms with van der Waals surface area (Å²) in [6, 6.07) is 0. The molecule has 0 radical (unpaired) electrons. The van der Waals surface area contributed by atoms with Crippen LogP contribution in [0.3, 0.4) is 0 Å². The molecule has 15 heavy (non-hydrogen) atoms. The maximum atomic E-state index is 4.61. The van der Waals surface area contributed by atoms with Gasteiger partial charge in [0.1, 0.15) is 5.37 Å². The molecular weight excluding hydrogens is 246 g/mol. The zero-order valence-corrected chi connectivity index (χ0v) is 10.4. The molecule has 0 saturated carbocycles. The Balaban J connectivity index is 1.73. The van der Waals surface area contributed by atoms with Crippen LogP contribution in [0.15, 0.2) is 21.6 Å². The Bertz CT molecular complexity index is 331. The molecule has 80 valence electrons. The summed E-state index contributed by atoms with van der Waals surface area (Å²) in [7, 11) is 0. The van der Waals surface area contributed by atoms with Crippen molar-refractivity contribution in [2.45, 2.75) is 16.0 Å². The Labute approximate surface area is 102 Å². The normalized spacial score (nSPS) is 38.4. The van der Waals surface area contributed by atoms with Crippen molar-refractivity contribution in [1.82, 2.24) is 5.32 Å². The molecule has 3 aliphatic heterocycles. The van der Waals surface area contributed by atoms with Crippen molar-refractivity contribution in [1.29, 1.82) is 0 Å². The number of nitrogens with one attached hydrogen (secondary N) is 1. The standard InChI is InChI=1S/C9H11N3S3/c1-3-13-8(10-1)6-7(15-5-12-6)9-11-2-4-14-9/h1-2,4,7-9,11H,3,5H2. The third kappa shape index (κ3) is 1.94. The molecule has 3 nitrogen and oxygen atoms in total. The maximum Gasteiger partial charge on any atom is 0.134 e. The van der Waals surface area contributed by atoms with Gasteiger partial charge in [0.25, 0.3) is 0 Å². The van der Waals surface area contributed by atoms with Crippen LogP contribution in [-0.2, 0) is 0 Å². The predicted octanol–water partition coefficient (Wildman–Crippen LogP) is 1.78. The van der Waals surface area contributed by atoms with Gasteiger partial charge in [0.2, 0.25) is 0 Å². The number of thioether (sulfide) groups is 3. The monoisotopic (exact) mass is 257 g/mol. The fourth-order valence-corrected chi connectivity index (χ4v) is 4.97. The summed E-state index contributed by atoms with van der Waals surface area (Å²) in [6.45, 7) is 0. The number of aliphatic imine (C=N–C) groups is 2. The van der Waals surface area contributed by atoms with E-state index in [4.69, 9.17) is 0 Å². The molecule has 6 heteroatoms. The lowest BCUT2D eigenvalue weighted by Gasteiger charge is -2.21. The first-order valence-electron chi connectivity index (χ1n) is 4.81. The largest absolute Gasteiger partial charge is 0.377 e. The SMILES string of the molecule is C1=CSC(C2SCN=C2C2N=CCS2)N1. The van der Waals surface area contributed by atoms with Crippen molar-refractivity contribution in [2.75, 3.05) is 11.6 Å². The second kappa shape index (κ2) is 4.43. The summed E-state index contributed by atoms with van der Waals surface area (Å²) in [6.07, 6.45) is 4.03. The predicted molar refractivity (Wildman–Crippen MR) is 72.1 cm³/mol. The lowest BCUT2D eigenvalue weighted by molar-refractivity contribution is 0.834. The van der Waals surface area contributed by atoms with Gasteiger partial charge in [-0.1, -0.05) is 0 Å². The smallest absolute Gasteiger partial charge is 0.134 e. The summed E-state index contributed by atoms with van der Waals surface area (Å²) in [5.74, 6) is 1.93. The average Bonchev–Trinajstić information content (AvgIpc) is 3.01. The highest BCUT2D eigenvalue weighted by Crippen LogP contribution is 2.36. The van der Waals surface area contributed by atoms with Gasteiger partial charge in [0.15, 0.2) is 0 Å². The molecule has 0 amide bonds. The summed E-state index contributed by atoms with van der Waals surface area (Å²) < 4.78 is 0. The van der Waals surface area contributed by atoms with Crippen LogP contribution in [-0.4, -0.2) is 39.6 Å². The molecule has 3 unspecified atom stereocenters. The molecular formula is C9H11N3S3. The molecule has 3 aliphatic rings. The molecule has 3 atom stereocenters. The molecule has 0 aromatic carbocycles. The van der Waals surface area contributed by atoms with E-state index >= 15 is 0 Å². The average molecular weight is 257 g/mol. The van der Waals surface area contributed by atoms with Crippen LogP contribution in [0.25, 0.3) is 0 Å². The highest BCUT2D eigenvalue weighted by molar-refractivity contribution is 8.06. The van der Waals surface area contributed by atoms with Crippen molar-refractivity contribution in [2.24, 2.45) is 9.98 Å². The second-order valence-corrected chi connectivity index (χ2v) is 6.61. The Hall–Kier alpha value is -0.0700. The Morgan fingerprint density at radius 1 is 1.40 bits per heavy atom. The van der Waals surface area contributed by atoms with Crippen LogP contribution in [0, 0.1) is 0 Å². The van der Waals surface area contributed by atoms with Gasteiger partial charge in [-0.15, -0.1) is 35.3 Å². The minimum Gasteiger partial charge on any atom is -0.377 e. The van der Waals surface area contributed by atoms with Crippen LogP contribution >= 0.6 is 35.3 Å². The first kappa shape index (κ1) is 10.1. The van der Waals surface area contributed by atoms with Crippen molar-refractivity contribution < 1.29 is 0 Å². The van der Waals surface area contributed by atoms with Crippen molar-refractivity contribution in [3.8, 4) is 0 Å². The quantitative estimate of drug-likeness (QED) is 0.818. The summed E-state index contributed by atoms with van der Waals surface area (Å²) in [4.78, 5) is 9.08. The van der Waals surface area contributed by atoms with E-state index in [1.165, 1.54) is 5.71 Å². The highest BCUT2D eigenvalue weighted by atomic mass is 32.2. The molecule has 0 aromatic rings. The molecule has 0 saturated heterocycles. The molecule has 3 rings (SSSR count). The lowest BCUT2D eigenvalue weighted by Crippen LogP contribution is -2.37. The van der Waals surface area contributed by atoms with Crippen molar-refractivity contribution in [3.05, 3.63) is 11.6 Å². The van der Waals surface area contributed by atoms with E-state index in [-0.39, 0.29) is 5.37 Å². The fourth-order valence-electron chi connectivity index (χ4n) is 1.76. The third-order valence-electron chi connectivity index (χ3n) is 2.44. The number of nitrogens with zero attached hydrogens (tertiary/aromatic N) is 2. The van der Waals surface area contributed by atoms with Crippen LogP contribution in [0.4, 0.5) is 0 Å². The van der Waals surface area contributed by atoms with Crippen LogP contribution in [0.2, 0.25) is 0 Å². The Kier molecular flexibility index (Phi) is 2.98. The Morgan fingerprint density at radius 2 is 2.40 bits per heavy atom. The van der Waals surface area contributed by atoms with E-state index < -0.39 is 0 Å². The van der Waals surface area contributed by atoms with Crippen molar-refractivity contribution in [3.63, 3.8) is 0 Å². The van der Waals surface area contributed by atoms with E-state index in [0.717, 1.165) is 11.6 Å². The summed E-state index contributed by atoms with van der Waals surface area (Å²) in [5, 5.41) is 6.71. The molecule has 0 bridgehead atoms. The van der Waals surface area contributed by atoms with Crippen LogP contribution in [0.5, 0.6) is 0 Å². The van der Waals surface area contributed by atoms with Gasteiger partial charge in [-0.05, 0) is 5.41 Å². The zero-order valence-electron chi connectivity index (χ0n) is 8.00.